The van der Waals surface area contributed by atoms with E-state index in [1.54, 1.807) is 6.07 Å². The van der Waals surface area contributed by atoms with Crippen molar-refractivity contribution >= 4 is 45.1 Å². The Bertz CT molecular complexity index is 674. The number of carboxylic acid groups (broad SMARTS) is 1. The Hall–Kier alpha value is -1.92. The maximum atomic E-state index is 12.0. The van der Waals surface area contributed by atoms with Crippen LogP contribution in [0.4, 0.5) is 5.69 Å². The molecule has 0 atom stereocenters. The van der Waals surface area contributed by atoms with Crippen molar-refractivity contribution in [1.82, 2.24) is 4.98 Å². The van der Waals surface area contributed by atoms with Crippen LogP contribution < -0.4 is 5.32 Å². The number of benzene rings is 1. The van der Waals surface area contributed by atoms with Gasteiger partial charge in [-0.25, -0.2) is 9.78 Å². The molecule has 0 fully saturated rings. The number of anilines is 1. The molecule has 2 N–H and O–H groups in total. The highest BCUT2D eigenvalue weighted by Crippen LogP contribution is 2.24. The Morgan fingerprint density at radius 2 is 1.90 bits per heavy atom. The van der Waals surface area contributed by atoms with Crippen LogP contribution in [0.25, 0.3) is 0 Å². The predicted molar refractivity (Wildman–Crippen MR) is 78.3 cm³/mol. The molecule has 20 heavy (non-hydrogen) atoms. The van der Waals surface area contributed by atoms with Crippen LogP contribution in [0, 0.1) is 0 Å². The van der Waals surface area contributed by atoms with Crippen LogP contribution in [-0.2, 0) is 0 Å². The number of pyridine rings is 1. The second-order valence-electron chi connectivity index (χ2n) is 3.82. The molecule has 0 radical (unpaired) electrons. The minimum absolute atomic E-state index is 0.0812. The molecule has 0 saturated carbocycles. The van der Waals surface area contributed by atoms with Crippen LogP contribution in [0.2, 0.25) is 5.15 Å². The highest BCUT2D eigenvalue weighted by atomic mass is 79.9. The molecule has 102 valence electrons. The van der Waals surface area contributed by atoms with E-state index in [1.165, 1.54) is 30.5 Å². The number of hydrogen-bond acceptors (Lipinski definition) is 3. The first-order valence-electron chi connectivity index (χ1n) is 5.43. The number of aromatic nitrogens is 1. The summed E-state index contributed by atoms with van der Waals surface area (Å²) in [6.07, 6.45) is 1.34. The Labute approximate surface area is 127 Å². The average Bonchev–Trinajstić information content (AvgIpc) is 2.41. The molecule has 1 aromatic carbocycles. The summed E-state index contributed by atoms with van der Waals surface area (Å²) in [6, 6.07) is 7.39. The first kappa shape index (κ1) is 14.5. The molecule has 1 amide bonds. The topological polar surface area (TPSA) is 79.3 Å². The van der Waals surface area contributed by atoms with Crippen LogP contribution in [-0.4, -0.2) is 22.0 Å². The zero-order valence-corrected chi connectivity index (χ0v) is 12.3. The number of carboxylic acids is 1. The van der Waals surface area contributed by atoms with Gasteiger partial charge in [0.2, 0.25) is 0 Å². The second kappa shape index (κ2) is 6.02. The van der Waals surface area contributed by atoms with Gasteiger partial charge in [-0.15, -0.1) is 0 Å². The third-order valence-corrected chi connectivity index (χ3v) is 3.37. The molecule has 1 heterocycles. The molecule has 2 rings (SSSR count). The fourth-order valence-corrected chi connectivity index (χ4v) is 1.92. The van der Waals surface area contributed by atoms with Crippen molar-refractivity contribution in [3.05, 3.63) is 57.3 Å². The highest BCUT2D eigenvalue weighted by Gasteiger charge is 2.11. The van der Waals surface area contributed by atoms with Crippen molar-refractivity contribution in [1.29, 1.82) is 0 Å². The summed E-state index contributed by atoms with van der Waals surface area (Å²) in [4.78, 5) is 26.7. The smallest absolute Gasteiger partial charge is 0.335 e. The van der Waals surface area contributed by atoms with E-state index in [0.29, 0.717) is 15.7 Å². The Morgan fingerprint density at radius 1 is 1.20 bits per heavy atom. The minimum Gasteiger partial charge on any atom is -0.478 e. The lowest BCUT2D eigenvalue weighted by atomic mass is 10.2. The van der Waals surface area contributed by atoms with E-state index in [4.69, 9.17) is 16.7 Å². The molecule has 0 bridgehead atoms. The second-order valence-corrected chi connectivity index (χ2v) is 5.07. The van der Waals surface area contributed by atoms with Crippen molar-refractivity contribution in [2.24, 2.45) is 0 Å². The van der Waals surface area contributed by atoms with Gasteiger partial charge in [0.1, 0.15) is 5.15 Å². The van der Waals surface area contributed by atoms with Crippen molar-refractivity contribution in [3.63, 3.8) is 0 Å². The molecular weight excluding hydrogens is 348 g/mol. The molecule has 0 unspecified atom stereocenters. The SMILES string of the molecule is O=C(O)c1ccc(Br)c(NC(=O)c2ccc(Cl)nc2)c1. The van der Waals surface area contributed by atoms with Gasteiger partial charge in [-0.1, -0.05) is 11.6 Å². The maximum absolute atomic E-state index is 12.0. The number of rotatable bonds is 3. The van der Waals surface area contributed by atoms with Crippen LogP contribution in [0.15, 0.2) is 41.0 Å². The summed E-state index contributed by atoms with van der Waals surface area (Å²) in [7, 11) is 0. The van der Waals surface area contributed by atoms with E-state index in [2.05, 4.69) is 26.2 Å². The standard InChI is InChI=1S/C13H8BrClN2O3/c14-9-3-1-7(13(19)20)5-10(9)17-12(18)8-2-4-11(15)16-6-8/h1-6H,(H,17,18)(H,19,20). The normalized spacial score (nSPS) is 10.1. The Balaban J connectivity index is 2.25. The lowest BCUT2D eigenvalue weighted by molar-refractivity contribution is 0.0696. The summed E-state index contributed by atoms with van der Waals surface area (Å²) in [5, 5.41) is 11.8. The van der Waals surface area contributed by atoms with Crippen LogP contribution in [0.3, 0.4) is 0 Å². The van der Waals surface area contributed by atoms with Gasteiger partial charge in [0.25, 0.3) is 5.91 Å². The number of halogens is 2. The molecule has 2 aromatic rings. The molecule has 0 aliphatic rings. The summed E-state index contributed by atoms with van der Waals surface area (Å²) in [6.45, 7) is 0. The third-order valence-electron chi connectivity index (χ3n) is 2.45. The molecule has 0 aliphatic carbocycles. The van der Waals surface area contributed by atoms with Gasteiger partial charge in [-0.2, -0.15) is 0 Å². The number of carbonyl (C=O) groups is 2. The number of hydrogen-bond donors (Lipinski definition) is 2. The average molecular weight is 356 g/mol. The van der Waals surface area contributed by atoms with E-state index in [1.807, 2.05) is 0 Å². The monoisotopic (exact) mass is 354 g/mol. The van der Waals surface area contributed by atoms with E-state index in [-0.39, 0.29) is 10.7 Å². The fourth-order valence-electron chi connectivity index (χ4n) is 1.46. The molecule has 0 aliphatic heterocycles. The van der Waals surface area contributed by atoms with Gasteiger partial charge in [0, 0.05) is 10.7 Å². The summed E-state index contributed by atoms with van der Waals surface area (Å²) in [5.74, 6) is -1.47. The van der Waals surface area contributed by atoms with Gasteiger partial charge in [0.15, 0.2) is 0 Å². The van der Waals surface area contributed by atoms with Crippen molar-refractivity contribution in [3.8, 4) is 0 Å². The van der Waals surface area contributed by atoms with E-state index >= 15 is 0 Å². The van der Waals surface area contributed by atoms with Gasteiger partial charge in [-0.3, -0.25) is 4.79 Å². The molecule has 5 nitrogen and oxygen atoms in total. The van der Waals surface area contributed by atoms with Gasteiger partial charge in [0.05, 0.1) is 16.8 Å². The zero-order chi connectivity index (χ0) is 14.7. The lowest BCUT2D eigenvalue weighted by Crippen LogP contribution is -2.13. The Morgan fingerprint density at radius 3 is 2.50 bits per heavy atom. The first-order valence-corrected chi connectivity index (χ1v) is 6.60. The fraction of sp³-hybridized carbons (Fsp3) is 0. The molecule has 7 heteroatoms. The molecular formula is C13H8BrClN2O3. The van der Waals surface area contributed by atoms with E-state index in [0.717, 1.165) is 0 Å². The minimum atomic E-state index is -1.07. The third kappa shape index (κ3) is 3.34. The van der Waals surface area contributed by atoms with Crippen LogP contribution >= 0.6 is 27.5 Å². The van der Waals surface area contributed by atoms with Crippen LogP contribution in [0.1, 0.15) is 20.7 Å². The molecule has 1 aromatic heterocycles. The molecule has 0 spiro atoms. The summed E-state index contributed by atoms with van der Waals surface area (Å²) in [5.41, 5.74) is 0.768. The number of amides is 1. The lowest BCUT2D eigenvalue weighted by Gasteiger charge is -2.08. The molecule has 0 saturated heterocycles. The van der Waals surface area contributed by atoms with Crippen molar-refractivity contribution in [2.75, 3.05) is 5.32 Å². The van der Waals surface area contributed by atoms with Gasteiger partial charge in [-0.05, 0) is 46.3 Å². The zero-order valence-electron chi connectivity index (χ0n) is 9.93. The maximum Gasteiger partial charge on any atom is 0.335 e. The van der Waals surface area contributed by atoms with E-state index < -0.39 is 11.9 Å². The van der Waals surface area contributed by atoms with E-state index in [9.17, 15) is 9.59 Å². The summed E-state index contributed by atoms with van der Waals surface area (Å²) < 4.78 is 0.581. The van der Waals surface area contributed by atoms with Crippen molar-refractivity contribution in [2.45, 2.75) is 0 Å². The number of carbonyl (C=O) groups excluding carboxylic acids is 1. The summed E-state index contributed by atoms with van der Waals surface area (Å²) >= 11 is 8.89. The first-order chi connectivity index (χ1) is 9.47. The number of aromatic carboxylic acids is 1. The quantitative estimate of drug-likeness (QED) is 0.827. The van der Waals surface area contributed by atoms with Gasteiger partial charge >= 0.3 is 5.97 Å². The largest absolute Gasteiger partial charge is 0.478 e. The van der Waals surface area contributed by atoms with Gasteiger partial charge < -0.3 is 10.4 Å². The Kier molecular flexibility index (Phi) is 4.36. The van der Waals surface area contributed by atoms with Crippen molar-refractivity contribution < 1.29 is 14.7 Å². The highest BCUT2D eigenvalue weighted by molar-refractivity contribution is 9.10. The predicted octanol–water partition coefficient (Wildman–Crippen LogP) is 3.45. The number of nitrogens with one attached hydrogen (secondary N) is 1. The number of nitrogens with zero attached hydrogens (tertiary/aromatic N) is 1. The van der Waals surface area contributed by atoms with Crippen LogP contribution in [0.5, 0.6) is 0 Å².